The van der Waals surface area contributed by atoms with Gasteiger partial charge in [0.15, 0.2) is 0 Å². The number of aromatic amines is 1. The Hall–Kier alpha value is -3.20. The van der Waals surface area contributed by atoms with Crippen molar-refractivity contribution in [2.24, 2.45) is 0 Å². The highest BCUT2D eigenvalue weighted by Gasteiger charge is 2.28. The predicted octanol–water partition coefficient (Wildman–Crippen LogP) is 2.37. The molecule has 0 saturated heterocycles. The van der Waals surface area contributed by atoms with E-state index in [4.69, 9.17) is 5.73 Å². The van der Waals surface area contributed by atoms with Crippen LogP contribution in [0.25, 0.3) is 21.2 Å². The van der Waals surface area contributed by atoms with Gasteiger partial charge >= 0.3 is 11.9 Å². The van der Waals surface area contributed by atoms with Crippen molar-refractivity contribution in [2.75, 3.05) is 5.73 Å². The molecule has 5 N–H and O–H groups in total. The standard InChI is InChI=1S/C15H9FN2O5S/c16-10-6(2-1-5-3-4-24-11(5)10)7-8(14(20)21)12(17)18-13(19)9(7)15(22)23/h1-4H,(H,20,21)(H,22,23)(H3,17,18,19). The number of nitrogen functional groups attached to an aromatic ring is 1. The number of nitrogens with two attached hydrogens (primary N) is 1. The molecule has 2 heterocycles. The number of nitrogens with one attached hydrogen (secondary N) is 1. The van der Waals surface area contributed by atoms with E-state index >= 15 is 0 Å². The Morgan fingerprint density at radius 2 is 1.79 bits per heavy atom. The first-order valence-electron chi connectivity index (χ1n) is 6.51. The van der Waals surface area contributed by atoms with Crippen LogP contribution in [-0.4, -0.2) is 27.1 Å². The Balaban J connectivity index is 2.53. The van der Waals surface area contributed by atoms with Crippen molar-refractivity contribution in [2.45, 2.75) is 0 Å². The summed E-state index contributed by atoms with van der Waals surface area (Å²) in [7, 11) is 0. The van der Waals surface area contributed by atoms with Gasteiger partial charge in [0, 0.05) is 11.1 Å². The lowest BCUT2D eigenvalue weighted by Crippen LogP contribution is -2.24. The number of thiophene rings is 1. The van der Waals surface area contributed by atoms with Crippen LogP contribution < -0.4 is 11.3 Å². The lowest BCUT2D eigenvalue weighted by atomic mass is 9.94. The van der Waals surface area contributed by atoms with Crippen LogP contribution in [0.1, 0.15) is 20.7 Å². The molecule has 7 nitrogen and oxygen atoms in total. The molecule has 122 valence electrons. The van der Waals surface area contributed by atoms with E-state index in [-0.39, 0.29) is 10.3 Å². The second kappa shape index (κ2) is 5.46. The Morgan fingerprint density at radius 1 is 1.12 bits per heavy atom. The van der Waals surface area contributed by atoms with Crippen LogP contribution in [0.15, 0.2) is 28.4 Å². The van der Waals surface area contributed by atoms with E-state index in [1.54, 1.807) is 11.4 Å². The molecule has 0 saturated carbocycles. The first kappa shape index (κ1) is 15.7. The molecule has 0 fully saturated rings. The molecular formula is C15H9FN2O5S. The van der Waals surface area contributed by atoms with Crippen molar-refractivity contribution in [3.8, 4) is 11.1 Å². The van der Waals surface area contributed by atoms with Gasteiger partial charge in [-0.15, -0.1) is 11.3 Å². The van der Waals surface area contributed by atoms with E-state index in [0.717, 1.165) is 11.3 Å². The van der Waals surface area contributed by atoms with E-state index in [0.29, 0.717) is 5.39 Å². The molecule has 1 aromatic carbocycles. The zero-order valence-electron chi connectivity index (χ0n) is 11.8. The SMILES string of the molecule is Nc1[nH]c(=O)c(C(=O)O)c(-c2ccc3ccsc3c2F)c1C(=O)O. The van der Waals surface area contributed by atoms with E-state index in [9.17, 15) is 29.0 Å². The third kappa shape index (κ3) is 2.22. The van der Waals surface area contributed by atoms with Gasteiger partial charge in [-0.2, -0.15) is 0 Å². The van der Waals surface area contributed by atoms with Crippen molar-refractivity contribution >= 4 is 39.2 Å². The van der Waals surface area contributed by atoms with E-state index < -0.39 is 45.8 Å². The molecule has 0 aliphatic carbocycles. The summed E-state index contributed by atoms with van der Waals surface area (Å²) in [5, 5.41) is 20.9. The molecule has 3 aromatic rings. The first-order valence-corrected chi connectivity index (χ1v) is 7.39. The number of H-pyrrole nitrogens is 1. The average molecular weight is 348 g/mol. The number of fused-ring (bicyclic) bond motifs is 1. The summed E-state index contributed by atoms with van der Waals surface area (Å²) >= 11 is 1.07. The number of hydrogen-bond donors (Lipinski definition) is 4. The fourth-order valence-corrected chi connectivity index (χ4v) is 3.34. The maximum atomic E-state index is 14.8. The topological polar surface area (TPSA) is 133 Å². The summed E-state index contributed by atoms with van der Waals surface area (Å²) in [6, 6.07) is 4.41. The zero-order chi connectivity index (χ0) is 17.6. The Labute approximate surface area is 136 Å². The number of aromatic nitrogens is 1. The third-order valence-corrected chi connectivity index (χ3v) is 4.43. The predicted molar refractivity (Wildman–Crippen MR) is 86.2 cm³/mol. The summed E-state index contributed by atoms with van der Waals surface area (Å²) < 4.78 is 15.0. The molecule has 0 atom stereocenters. The number of carboxylic acid groups (broad SMARTS) is 2. The monoisotopic (exact) mass is 348 g/mol. The highest BCUT2D eigenvalue weighted by molar-refractivity contribution is 7.17. The largest absolute Gasteiger partial charge is 0.478 e. The number of pyridine rings is 1. The number of halogens is 1. The molecule has 0 radical (unpaired) electrons. The second-order valence-corrected chi connectivity index (χ2v) is 5.79. The van der Waals surface area contributed by atoms with E-state index in [1.165, 1.54) is 12.1 Å². The molecule has 9 heteroatoms. The quantitative estimate of drug-likeness (QED) is 0.574. The summed E-state index contributed by atoms with van der Waals surface area (Å²) in [4.78, 5) is 36.9. The average Bonchev–Trinajstić information content (AvgIpc) is 2.95. The van der Waals surface area contributed by atoms with Gasteiger partial charge in [-0.3, -0.25) is 4.79 Å². The van der Waals surface area contributed by atoms with Crippen LogP contribution >= 0.6 is 11.3 Å². The fraction of sp³-hybridized carbons (Fsp3) is 0. The molecule has 0 aliphatic heterocycles. The Morgan fingerprint density at radius 3 is 2.42 bits per heavy atom. The molecule has 0 unspecified atom stereocenters. The van der Waals surface area contributed by atoms with Crippen LogP contribution in [-0.2, 0) is 0 Å². The lowest BCUT2D eigenvalue weighted by molar-refractivity contribution is 0.0695. The van der Waals surface area contributed by atoms with Gasteiger partial charge in [0.1, 0.15) is 22.8 Å². The van der Waals surface area contributed by atoms with Gasteiger partial charge in [0.2, 0.25) is 0 Å². The lowest BCUT2D eigenvalue weighted by Gasteiger charge is -2.13. The van der Waals surface area contributed by atoms with Gasteiger partial charge < -0.3 is 20.9 Å². The minimum absolute atomic E-state index is 0.221. The zero-order valence-corrected chi connectivity index (χ0v) is 12.6. The van der Waals surface area contributed by atoms with Crippen LogP contribution in [0.4, 0.5) is 10.2 Å². The third-order valence-electron chi connectivity index (χ3n) is 3.50. The molecule has 3 rings (SSSR count). The van der Waals surface area contributed by atoms with Crippen molar-refractivity contribution in [1.82, 2.24) is 4.98 Å². The van der Waals surface area contributed by atoms with Gasteiger partial charge in [0.05, 0.1) is 4.70 Å². The summed E-state index contributed by atoms with van der Waals surface area (Å²) in [5.41, 5.74) is 2.01. The highest BCUT2D eigenvalue weighted by atomic mass is 32.1. The van der Waals surface area contributed by atoms with Crippen LogP contribution in [0, 0.1) is 5.82 Å². The van der Waals surface area contributed by atoms with Crippen molar-refractivity contribution in [1.29, 1.82) is 0 Å². The van der Waals surface area contributed by atoms with E-state index in [1.807, 2.05) is 4.98 Å². The van der Waals surface area contributed by atoms with Gasteiger partial charge in [-0.25, -0.2) is 14.0 Å². The number of carboxylic acids is 2. The van der Waals surface area contributed by atoms with E-state index in [2.05, 4.69) is 0 Å². The molecule has 0 bridgehead atoms. The molecule has 0 spiro atoms. The maximum Gasteiger partial charge on any atom is 0.342 e. The smallest absolute Gasteiger partial charge is 0.342 e. The van der Waals surface area contributed by atoms with Crippen molar-refractivity contribution in [3.05, 3.63) is 50.9 Å². The van der Waals surface area contributed by atoms with Crippen LogP contribution in [0.3, 0.4) is 0 Å². The van der Waals surface area contributed by atoms with Gasteiger partial charge in [-0.1, -0.05) is 12.1 Å². The fourth-order valence-electron chi connectivity index (χ4n) is 2.51. The normalized spacial score (nSPS) is 10.9. The van der Waals surface area contributed by atoms with Crippen molar-refractivity contribution < 1.29 is 24.2 Å². The second-order valence-electron chi connectivity index (χ2n) is 4.87. The summed E-state index contributed by atoms with van der Waals surface area (Å²) in [6.07, 6.45) is 0. The minimum atomic E-state index is -1.68. The first-order chi connectivity index (χ1) is 11.3. The number of anilines is 1. The summed E-state index contributed by atoms with van der Waals surface area (Å²) in [5.74, 6) is -4.61. The highest BCUT2D eigenvalue weighted by Crippen LogP contribution is 2.36. The molecule has 0 amide bonds. The van der Waals surface area contributed by atoms with Gasteiger partial charge in [-0.05, 0) is 16.8 Å². The van der Waals surface area contributed by atoms with Gasteiger partial charge in [0.25, 0.3) is 5.56 Å². The Bertz CT molecular complexity index is 1070. The minimum Gasteiger partial charge on any atom is -0.478 e. The number of carbonyl (C=O) groups is 2. The van der Waals surface area contributed by atoms with Crippen LogP contribution in [0.2, 0.25) is 0 Å². The molecule has 2 aromatic heterocycles. The number of aromatic carboxylic acids is 2. The number of benzene rings is 1. The summed E-state index contributed by atoms with van der Waals surface area (Å²) in [6.45, 7) is 0. The van der Waals surface area contributed by atoms with Crippen LogP contribution in [0.5, 0.6) is 0 Å². The number of rotatable bonds is 3. The molecule has 0 aliphatic rings. The molecular weight excluding hydrogens is 339 g/mol. The Kier molecular flexibility index (Phi) is 3.57. The molecule has 24 heavy (non-hydrogen) atoms. The number of hydrogen-bond acceptors (Lipinski definition) is 5. The maximum absolute atomic E-state index is 14.8. The van der Waals surface area contributed by atoms with Crippen molar-refractivity contribution in [3.63, 3.8) is 0 Å².